The lowest BCUT2D eigenvalue weighted by molar-refractivity contribution is -0.128. The van der Waals surface area contributed by atoms with Gasteiger partial charge in [0, 0.05) is 11.6 Å². The maximum atomic E-state index is 12.6. The van der Waals surface area contributed by atoms with E-state index in [1.807, 2.05) is 13.8 Å². The monoisotopic (exact) mass is 381 g/mol. The molecule has 136 valence electrons. The summed E-state index contributed by atoms with van der Waals surface area (Å²) in [6.45, 7) is 4.05. The minimum absolute atomic E-state index is 0.274. The van der Waals surface area contributed by atoms with Gasteiger partial charge < -0.3 is 5.32 Å². The molecule has 0 fully saturated rings. The zero-order valence-corrected chi connectivity index (χ0v) is 14.6. The maximum absolute atomic E-state index is 12.6. The van der Waals surface area contributed by atoms with Crippen molar-refractivity contribution in [2.24, 2.45) is 10.9 Å². The number of allylic oxidation sites excluding steroid dienone is 1. The molecule has 5 nitrogen and oxygen atoms in total. The Kier molecular flexibility index (Phi) is 4.66. The molecule has 9 heteroatoms. The molecule has 2 heterocycles. The van der Waals surface area contributed by atoms with Crippen molar-refractivity contribution in [3.63, 3.8) is 0 Å². The van der Waals surface area contributed by atoms with E-state index in [1.54, 1.807) is 18.2 Å². The van der Waals surface area contributed by atoms with Crippen LogP contribution in [0.5, 0.6) is 0 Å². The van der Waals surface area contributed by atoms with Gasteiger partial charge in [0.2, 0.25) is 5.91 Å². The number of fused-ring (bicyclic) bond motifs is 1. The number of aliphatic imine (C=N–C) groups is 1. The standard InChI is InChI=1S/C17H14F3N3O2S/c1-8(2)16-22-11-5-3-9(7-12(11)26-16)21-14(24)10-4-6-13(17(18,19)20)23-15(10)25/h3-8,10H,1-2H3,(H,21,24). The van der Waals surface area contributed by atoms with Crippen LogP contribution in [0.25, 0.3) is 10.2 Å². The smallest absolute Gasteiger partial charge is 0.325 e. The van der Waals surface area contributed by atoms with Crippen LogP contribution in [-0.2, 0) is 9.59 Å². The minimum Gasteiger partial charge on any atom is -0.325 e. The highest BCUT2D eigenvalue weighted by molar-refractivity contribution is 7.18. The second-order valence-electron chi connectivity index (χ2n) is 6.05. The number of aromatic nitrogens is 1. The van der Waals surface area contributed by atoms with Gasteiger partial charge >= 0.3 is 6.18 Å². The van der Waals surface area contributed by atoms with Gasteiger partial charge in [0.15, 0.2) is 0 Å². The Balaban J connectivity index is 1.76. The van der Waals surface area contributed by atoms with Gasteiger partial charge in [0.1, 0.15) is 11.6 Å². The average Bonchev–Trinajstić information content (AvgIpc) is 2.97. The fraction of sp³-hybridized carbons (Fsp3) is 0.294. The number of nitrogens with zero attached hydrogens (tertiary/aromatic N) is 2. The zero-order chi connectivity index (χ0) is 19.1. The van der Waals surface area contributed by atoms with E-state index < -0.39 is 29.6 Å². The molecule has 26 heavy (non-hydrogen) atoms. The lowest BCUT2D eigenvalue weighted by atomic mass is 10.0. The summed E-state index contributed by atoms with van der Waals surface area (Å²) >= 11 is 1.50. The van der Waals surface area contributed by atoms with Gasteiger partial charge in [-0.25, -0.2) is 9.98 Å². The molecule has 1 aliphatic heterocycles. The van der Waals surface area contributed by atoms with Crippen LogP contribution in [0.1, 0.15) is 24.8 Å². The second-order valence-corrected chi connectivity index (χ2v) is 7.11. The van der Waals surface area contributed by atoms with Crippen molar-refractivity contribution in [3.05, 3.63) is 35.4 Å². The molecule has 1 atom stereocenters. The van der Waals surface area contributed by atoms with E-state index in [1.165, 1.54) is 11.3 Å². The molecule has 0 spiro atoms. The third kappa shape index (κ3) is 3.67. The first kappa shape index (κ1) is 18.2. The molecule has 2 amide bonds. The molecule has 1 N–H and O–H groups in total. The van der Waals surface area contributed by atoms with Crippen LogP contribution in [0.4, 0.5) is 18.9 Å². The summed E-state index contributed by atoms with van der Waals surface area (Å²) in [4.78, 5) is 31.5. The van der Waals surface area contributed by atoms with Crippen LogP contribution in [0.3, 0.4) is 0 Å². The van der Waals surface area contributed by atoms with Gasteiger partial charge in [-0.05, 0) is 24.3 Å². The van der Waals surface area contributed by atoms with Crippen LogP contribution >= 0.6 is 11.3 Å². The van der Waals surface area contributed by atoms with Crippen molar-refractivity contribution < 1.29 is 22.8 Å². The molecule has 1 unspecified atom stereocenters. The predicted molar refractivity (Wildman–Crippen MR) is 93.5 cm³/mol. The molecule has 3 rings (SSSR count). The first-order valence-electron chi connectivity index (χ1n) is 7.74. The summed E-state index contributed by atoms with van der Waals surface area (Å²) in [6, 6.07) is 5.09. The third-order valence-corrected chi connectivity index (χ3v) is 5.00. The number of carbonyl (C=O) groups is 2. The van der Waals surface area contributed by atoms with Crippen LogP contribution in [-0.4, -0.2) is 28.7 Å². The summed E-state index contributed by atoms with van der Waals surface area (Å²) in [6.07, 6.45) is -3.17. The summed E-state index contributed by atoms with van der Waals surface area (Å²) in [5.74, 6) is -2.98. The van der Waals surface area contributed by atoms with Crippen molar-refractivity contribution in [2.75, 3.05) is 5.32 Å². The number of nitrogens with one attached hydrogen (secondary N) is 1. The van der Waals surface area contributed by atoms with E-state index in [2.05, 4.69) is 15.3 Å². The summed E-state index contributed by atoms with van der Waals surface area (Å²) in [5, 5.41) is 3.50. The van der Waals surface area contributed by atoms with Crippen molar-refractivity contribution in [1.29, 1.82) is 0 Å². The largest absolute Gasteiger partial charge is 0.433 e. The van der Waals surface area contributed by atoms with Gasteiger partial charge in [-0.1, -0.05) is 19.9 Å². The highest BCUT2D eigenvalue weighted by Crippen LogP contribution is 2.29. The Bertz CT molecular complexity index is 944. The number of halogens is 3. The van der Waals surface area contributed by atoms with E-state index in [9.17, 15) is 22.8 Å². The number of amides is 2. The molecule has 1 aliphatic rings. The highest BCUT2D eigenvalue weighted by Gasteiger charge is 2.38. The van der Waals surface area contributed by atoms with Crippen molar-refractivity contribution in [1.82, 2.24) is 4.98 Å². The van der Waals surface area contributed by atoms with Crippen LogP contribution in [0.15, 0.2) is 35.3 Å². The van der Waals surface area contributed by atoms with Gasteiger partial charge in [-0.3, -0.25) is 9.59 Å². The molecule has 0 bridgehead atoms. The quantitative estimate of drug-likeness (QED) is 0.815. The van der Waals surface area contributed by atoms with E-state index in [4.69, 9.17) is 0 Å². The molecule has 1 aromatic heterocycles. The molecule has 0 aliphatic carbocycles. The number of carbonyl (C=O) groups excluding carboxylic acids is 2. The fourth-order valence-corrected chi connectivity index (χ4v) is 3.35. The minimum atomic E-state index is -4.72. The lowest BCUT2D eigenvalue weighted by Crippen LogP contribution is -2.33. The van der Waals surface area contributed by atoms with E-state index in [-0.39, 0.29) is 5.92 Å². The van der Waals surface area contributed by atoms with Crippen LogP contribution in [0, 0.1) is 5.92 Å². The predicted octanol–water partition coefficient (Wildman–Crippen LogP) is 4.07. The van der Waals surface area contributed by atoms with E-state index in [0.29, 0.717) is 11.8 Å². The van der Waals surface area contributed by atoms with Crippen molar-refractivity contribution >= 4 is 44.8 Å². The van der Waals surface area contributed by atoms with E-state index >= 15 is 0 Å². The topological polar surface area (TPSA) is 71.4 Å². The van der Waals surface area contributed by atoms with Gasteiger partial charge in [0.25, 0.3) is 5.91 Å². The molecule has 0 radical (unpaired) electrons. The second kappa shape index (κ2) is 6.64. The molecular formula is C17H14F3N3O2S. The molecule has 2 aromatic rings. The summed E-state index contributed by atoms with van der Waals surface area (Å²) in [5.41, 5.74) is -0.0724. The zero-order valence-electron chi connectivity index (χ0n) is 13.8. The van der Waals surface area contributed by atoms with Crippen LogP contribution in [0.2, 0.25) is 0 Å². The maximum Gasteiger partial charge on any atom is 0.433 e. The third-order valence-electron chi connectivity index (χ3n) is 3.68. The number of dihydropyridines is 1. The summed E-state index contributed by atoms with van der Waals surface area (Å²) in [7, 11) is 0. The van der Waals surface area contributed by atoms with Crippen molar-refractivity contribution in [2.45, 2.75) is 25.9 Å². The van der Waals surface area contributed by atoms with Crippen LogP contribution < -0.4 is 5.32 Å². The lowest BCUT2D eigenvalue weighted by Gasteiger charge is -2.15. The number of benzene rings is 1. The molecule has 0 saturated heterocycles. The molecule has 1 aromatic carbocycles. The number of thiazole rings is 1. The van der Waals surface area contributed by atoms with Gasteiger partial charge in [0.05, 0.1) is 15.2 Å². The number of hydrogen-bond donors (Lipinski definition) is 1. The normalized spacial score (nSPS) is 17.7. The Morgan fingerprint density at radius 2 is 2.04 bits per heavy atom. The van der Waals surface area contributed by atoms with Crippen molar-refractivity contribution in [3.8, 4) is 0 Å². The molecular weight excluding hydrogens is 367 g/mol. The SMILES string of the molecule is CC(C)c1nc2ccc(NC(=O)C3C=CC(C(F)(F)F)=NC3=O)cc2s1. The van der Waals surface area contributed by atoms with E-state index in [0.717, 1.165) is 21.3 Å². The Morgan fingerprint density at radius 3 is 2.65 bits per heavy atom. The first-order valence-corrected chi connectivity index (χ1v) is 8.56. The highest BCUT2D eigenvalue weighted by atomic mass is 32.1. The number of rotatable bonds is 3. The number of hydrogen-bond acceptors (Lipinski definition) is 4. The Morgan fingerprint density at radius 1 is 1.31 bits per heavy atom. The number of anilines is 1. The Hall–Kier alpha value is -2.55. The summed E-state index contributed by atoms with van der Waals surface area (Å²) < 4.78 is 38.5. The van der Waals surface area contributed by atoms with Gasteiger partial charge in [-0.2, -0.15) is 13.2 Å². The fourth-order valence-electron chi connectivity index (χ4n) is 2.34. The molecule has 0 saturated carbocycles. The number of alkyl halides is 3. The Labute approximate surface area is 150 Å². The van der Waals surface area contributed by atoms with Gasteiger partial charge in [-0.15, -0.1) is 11.3 Å². The average molecular weight is 381 g/mol. The first-order chi connectivity index (χ1) is 12.1.